The van der Waals surface area contributed by atoms with Gasteiger partial charge in [0.05, 0.1) is 0 Å². The molecule has 0 aliphatic heterocycles. The molecule has 0 aromatic heterocycles. The molecule has 1 atom stereocenters. The molecule has 0 bridgehead atoms. The molecule has 1 aromatic rings. The van der Waals surface area contributed by atoms with Gasteiger partial charge in [0.25, 0.3) is 0 Å². The molecule has 2 N–H and O–H groups in total. The van der Waals surface area contributed by atoms with Crippen molar-refractivity contribution in [2.24, 2.45) is 5.92 Å². The van der Waals surface area contributed by atoms with E-state index in [4.69, 9.17) is 0 Å². The summed E-state index contributed by atoms with van der Waals surface area (Å²) in [5.41, 5.74) is 0.368. The number of halogens is 1. The summed E-state index contributed by atoms with van der Waals surface area (Å²) in [7, 11) is 0. The summed E-state index contributed by atoms with van der Waals surface area (Å²) in [5.74, 6) is -1.05. The van der Waals surface area contributed by atoms with Gasteiger partial charge in [-0.15, -0.1) is 0 Å². The third-order valence-corrected chi connectivity index (χ3v) is 3.62. The van der Waals surface area contributed by atoms with E-state index in [1.54, 1.807) is 13.0 Å². The minimum Gasteiger partial charge on any atom is -0.479 e. The highest BCUT2D eigenvalue weighted by Crippen LogP contribution is 2.43. The third-order valence-electron chi connectivity index (χ3n) is 3.62. The first-order valence-corrected chi connectivity index (χ1v) is 6.26. The molecule has 0 spiro atoms. The summed E-state index contributed by atoms with van der Waals surface area (Å²) < 4.78 is 13.3. The molecular weight excluding hydrogens is 233 g/mol. The molecule has 1 aliphatic carbocycles. The Morgan fingerprint density at radius 3 is 2.61 bits per heavy atom. The number of aliphatic carboxylic acids is 1. The number of aryl methyl sites for hydroxylation is 1. The van der Waals surface area contributed by atoms with Gasteiger partial charge in [-0.25, -0.2) is 9.18 Å². The van der Waals surface area contributed by atoms with Gasteiger partial charge in [-0.1, -0.05) is 6.92 Å². The minimum absolute atomic E-state index is 0.142. The number of rotatable bonds is 5. The number of benzene rings is 1. The molecule has 0 amide bonds. The van der Waals surface area contributed by atoms with Gasteiger partial charge in [0.15, 0.2) is 0 Å². The van der Waals surface area contributed by atoms with Crippen molar-refractivity contribution in [2.75, 3.05) is 5.32 Å². The molecule has 1 aliphatic rings. The van der Waals surface area contributed by atoms with Crippen LogP contribution in [0.1, 0.15) is 31.7 Å². The first-order chi connectivity index (χ1) is 8.48. The van der Waals surface area contributed by atoms with Crippen molar-refractivity contribution in [2.45, 2.75) is 38.6 Å². The fourth-order valence-electron chi connectivity index (χ4n) is 2.50. The molecule has 1 fully saturated rings. The molecule has 1 unspecified atom stereocenters. The standard InChI is InChI=1S/C14H18FNO2/c1-3-14(13(17)18,10-4-5-10)16-12-7-9(2)6-11(15)8-12/h6-8,10,16H,3-5H2,1-2H3,(H,17,18). The Bertz CT molecular complexity index is 451. The Morgan fingerprint density at radius 1 is 1.50 bits per heavy atom. The lowest BCUT2D eigenvalue weighted by molar-refractivity contribution is -0.143. The van der Waals surface area contributed by atoms with Gasteiger partial charge in [0.2, 0.25) is 0 Å². The second-order valence-electron chi connectivity index (χ2n) is 5.05. The number of hydrogen-bond donors (Lipinski definition) is 2. The third kappa shape index (κ3) is 2.33. The first-order valence-electron chi connectivity index (χ1n) is 6.26. The molecule has 0 heterocycles. The van der Waals surface area contributed by atoms with Crippen LogP contribution in [0, 0.1) is 18.7 Å². The minimum atomic E-state index is -0.958. The molecule has 0 radical (unpaired) electrons. The van der Waals surface area contributed by atoms with Crippen molar-refractivity contribution in [1.82, 2.24) is 0 Å². The van der Waals surface area contributed by atoms with Gasteiger partial charge in [0.1, 0.15) is 11.4 Å². The Hall–Kier alpha value is -1.58. The Labute approximate surface area is 106 Å². The topological polar surface area (TPSA) is 49.3 Å². The van der Waals surface area contributed by atoms with Crippen molar-refractivity contribution < 1.29 is 14.3 Å². The average molecular weight is 251 g/mol. The SMILES string of the molecule is CCC(Nc1cc(C)cc(F)c1)(C(=O)O)C1CC1. The van der Waals surface area contributed by atoms with E-state index >= 15 is 0 Å². The molecule has 3 nitrogen and oxygen atoms in total. The second kappa shape index (κ2) is 4.59. The van der Waals surface area contributed by atoms with Gasteiger partial charge >= 0.3 is 5.97 Å². The summed E-state index contributed by atoms with van der Waals surface area (Å²) >= 11 is 0. The van der Waals surface area contributed by atoms with Gasteiger partial charge in [0, 0.05) is 5.69 Å². The highest BCUT2D eigenvalue weighted by Gasteiger charge is 2.50. The Morgan fingerprint density at radius 2 is 2.17 bits per heavy atom. The maximum absolute atomic E-state index is 13.3. The smallest absolute Gasteiger partial charge is 0.329 e. The molecule has 1 aromatic carbocycles. The number of nitrogens with one attached hydrogen (secondary N) is 1. The van der Waals surface area contributed by atoms with Crippen molar-refractivity contribution in [1.29, 1.82) is 0 Å². The number of carboxylic acid groups (broad SMARTS) is 1. The zero-order chi connectivity index (χ0) is 13.3. The van der Waals surface area contributed by atoms with Crippen LogP contribution in [0.4, 0.5) is 10.1 Å². The van der Waals surface area contributed by atoms with Crippen LogP contribution in [0.3, 0.4) is 0 Å². The Kier molecular flexibility index (Phi) is 3.28. The first kappa shape index (κ1) is 12.9. The summed E-state index contributed by atoms with van der Waals surface area (Å²) in [5, 5.41) is 12.5. The van der Waals surface area contributed by atoms with E-state index in [1.807, 2.05) is 6.92 Å². The summed E-state index contributed by atoms with van der Waals surface area (Å²) in [4.78, 5) is 11.6. The predicted molar refractivity (Wildman–Crippen MR) is 68.1 cm³/mol. The fraction of sp³-hybridized carbons (Fsp3) is 0.500. The highest BCUT2D eigenvalue weighted by atomic mass is 19.1. The number of carboxylic acids is 1. The lowest BCUT2D eigenvalue weighted by atomic mass is 9.89. The zero-order valence-electron chi connectivity index (χ0n) is 10.7. The zero-order valence-corrected chi connectivity index (χ0v) is 10.7. The molecule has 1 saturated carbocycles. The van der Waals surface area contributed by atoms with Gasteiger partial charge in [-0.2, -0.15) is 0 Å². The van der Waals surface area contributed by atoms with Crippen molar-refractivity contribution in [3.8, 4) is 0 Å². The van der Waals surface area contributed by atoms with E-state index in [0.717, 1.165) is 18.4 Å². The van der Waals surface area contributed by atoms with Crippen LogP contribution in [0.2, 0.25) is 0 Å². The molecular formula is C14H18FNO2. The second-order valence-corrected chi connectivity index (χ2v) is 5.05. The molecule has 98 valence electrons. The normalized spacial score (nSPS) is 18.2. The fourth-order valence-corrected chi connectivity index (χ4v) is 2.50. The maximum atomic E-state index is 13.3. The molecule has 2 rings (SSSR count). The van der Waals surface area contributed by atoms with Gasteiger partial charge in [-0.05, 0) is 55.9 Å². The van der Waals surface area contributed by atoms with Crippen molar-refractivity contribution in [3.05, 3.63) is 29.6 Å². The lowest BCUT2D eigenvalue weighted by Gasteiger charge is -2.30. The van der Waals surface area contributed by atoms with Crippen LogP contribution in [0.25, 0.3) is 0 Å². The monoisotopic (exact) mass is 251 g/mol. The van der Waals surface area contributed by atoms with E-state index in [2.05, 4.69) is 5.32 Å². The highest BCUT2D eigenvalue weighted by molar-refractivity contribution is 5.83. The quantitative estimate of drug-likeness (QED) is 0.845. The van der Waals surface area contributed by atoms with E-state index < -0.39 is 11.5 Å². The van der Waals surface area contributed by atoms with E-state index in [1.165, 1.54) is 12.1 Å². The summed E-state index contributed by atoms with van der Waals surface area (Å²) in [6, 6.07) is 4.55. The van der Waals surface area contributed by atoms with E-state index in [-0.39, 0.29) is 11.7 Å². The summed E-state index contributed by atoms with van der Waals surface area (Å²) in [6.45, 7) is 3.64. The van der Waals surface area contributed by atoms with Crippen molar-refractivity contribution in [3.63, 3.8) is 0 Å². The maximum Gasteiger partial charge on any atom is 0.329 e. The number of hydrogen-bond acceptors (Lipinski definition) is 2. The average Bonchev–Trinajstić information content (AvgIpc) is 3.08. The predicted octanol–water partition coefficient (Wildman–Crippen LogP) is 3.19. The van der Waals surface area contributed by atoms with Gasteiger partial charge in [-0.3, -0.25) is 0 Å². The molecule has 18 heavy (non-hydrogen) atoms. The van der Waals surface area contributed by atoms with E-state index in [9.17, 15) is 14.3 Å². The number of anilines is 1. The molecule has 0 saturated heterocycles. The summed E-state index contributed by atoms with van der Waals surface area (Å²) in [6.07, 6.45) is 2.32. The van der Waals surface area contributed by atoms with Crippen LogP contribution >= 0.6 is 0 Å². The van der Waals surface area contributed by atoms with Crippen LogP contribution in [-0.2, 0) is 4.79 Å². The van der Waals surface area contributed by atoms with Crippen LogP contribution in [0.5, 0.6) is 0 Å². The molecule has 4 heteroatoms. The number of carbonyl (C=O) groups is 1. The van der Waals surface area contributed by atoms with E-state index in [0.29, 0.717) is 12.1 Å². The van der Waals surface area contributed by atoms with Crippen LogP contribution in [-0.4, -0.2) is 16.6 Å². The van der Waals surface area contributed by atoms with Crippen molar-refractivity contribution >= 4 is 11.7 Å². The Balaban J connectivity index is 2.31. The van der Waals surface area contributed by atoms with Crippen LogP contribution in [0.15, 0.2) is 18.2 Å². The van der Waals surface area contributed by atoms with Crippen LogP contribution < -0.4 is 5.32 Å². The largest absolute Gasteiger partial charge is 0.479 e. The van der Waals surface area contributed by atoms with Gasteiger partial charge < -0.3 is 10.4 Å². The lowest BCUT2D eigenvalue weighted by Crippen LogP contribution is -2.48.